The number of hydrogen-bond acceptors (Lipinski definition) is 4. The molecule has 0 spiro atoms. The molecule has 2 aromatic rings. The van der Waals surface area contributed by atoms with Gasteiger partial charge in [0.25, 0.3) is 0 Å². The summed E-state index contributed by atoms with van der Waals surface area (Å²) in [5, 5.41) is 12.5. The minimum atomic E-state index is -0.271. The van der Waals surface area contributed by atoms with E-state index in [0.29, 0.717) is 22.4 Å². The van der Waals surface area contributed by atoms with Crippen LogP contribution in [0.25, 0.3) is 11.1 Å². The Morgan fingerprint density at radius 1 is 1.24 bits per heavy atom. The summed E-state index contributed by atoms with van der Waals surface area (Å²) < 4.78 is 13.7. The summed E-state index contributed by atoms with van der Waals surface area (Å²) in [5.41, 5.74) is 4.49. The molecule has 0 amide bonds. The summed E-state index contributed by atoms with van der Waals surface area (Å²) in [4.78, 5) is 14.8. The van der Waals surface area contributed by atoms with E-state index in [1.807, 2.05) is 4.90 Å². The number of fused-ring (bicyclic) bond motifs is 3. The highest BCUT2D eigenvalue weighted by Crippen LogP contribution is 2.43. The van der Waals surface area contributed by atoms with Crippen LogP contribution in [0.4, 0.5) is 10.1 Å². The van der Waals surface area contributed by atoms with Crippen LogP contribution in [0.2, 0.25) is 0 Å². The molecule has 0 unspecified atom stereocenters. The number of nitrogens with one attached hydrogen (secondary N) is 1. The van der Waals surface area contributed by atoms with Crippen LogP contribution >= 0.6 is 0 Å². The summed E-state index contributed by atoms with van der Waals surface area (Å²) in [6, 6.07) is 10.4. The summed E-state index contributed by atoms with van der Waals surface area (Å²) in [6.45, 7) is 3.24. The molecule has 2 aliphatic heterocycles. The van der Waals surface area contributed by atoms with Gasteiger partial charge in [-0.15, -0.1) is 0 Å². The van der Waals surface area contributed by atoms with Gasteiger partial charge in [0.15, 0.2) is 0 Å². The fourth-order valence-electron chi connectivity index (χ4n) is 3.46. The average Bonchev–Trinajstić information content (AvgIpc) is 2.79. The Hall–Kier alpha value is -3.13. The molecule has 2 aliphatic rings. The van der Waals surface area contributed by atoms with Crippen LogP contribution < -0.4 is 10.2 Å². The first kappa shape index (κ1) is 15.4. The van der Waals surface area contributed by atoms with Crippen LogP contribution in [-0.2, 0) is 0 Å². The Balaban J connectivity index is 1.99. The lowest BCUT2D eigenvalue weighted by Crippen LogP contribution is -2.21. The second-order valence-corrected chi connectivity index (χ2v) is 6.31. The number of rotatable bonds is 1. The van der Waals surface area contributed by atoms with Crippen molar-refractivity contribution in [1.29, 1.82) is 5.26 Å². The van der Waals surface area contributed by atoms with Gasteiger partial charge in [-0.2, -0.15) is 5.26 Å². The zero-order valence-corrected chi connectivity index (χ0v) is 13.8. The summed E-state index contributed by atoms with van der Waals surface area (Å²) >= 11 is 0. The maximum absolute atomic E-state index is 13.7. The molecule has 0 radical (unpaired) electrons. The molecule has 5 heteroatoms. The number of nitriles is 1. The Morgan fingerprint density at radius 2 is 2.04 bits per heavy atom. The quantitative estimate of drug-likeness (QED) is 0.868. The maximum atomic E-state index is 13.7. The number of Topliss-reactive ketones (excluding diaryl/α,β-unsaturated/α-hetero) is 1. The predicted octanol–water partition coefficient (Wildman–Crippen LogP) is 3.51. The lowest BCUT2D eigenvalue weighted by Gasteiger charge is -2.21. The number of benzene rings is 2. The van der Waals surface area contributed by atoms with Crippen molar-refractivity contribution in [1.82, 2.24) is 5.32 Å². The van der Waals surface area contributed by atoms with E-state index in [4.69, 9.17) is 0 Å². The molecular weight excluding hydrogens is 317 g/mol. The largest absolute Gasteiger partial charge is 0.389 e. The van der Waals surface area contributed by atoms with Crippen LogP contribution in [0.1, 0.15) is 27.9 Å². The van der Waals surface area contributed by atoms with Crippen LogP contribution in [0.5, 0.6) is 0 Å². The number of hydrogen-bond donors (Lipinski definition) is 1. The van der Waals surface area contributed by atoms with Crippen molar-refractivity contribution in [2.24, 2.45) is 0 Å². The van der Waals surface area contributed by atoms with Crippen molar-refractivity contribution in [2.75, 3.05) is 18.0 Å². The lowest BCUT2D eigenvalue weighted by molar-refractivity contribution is 0.103. The Bertz CT molecular complexity index is 972. The molecule has 0 aliphatic carbocycles. The highest BCUT2D eigenvalue weighted by atomic mass is 19.1. The number of ketones is 1. The normalized spacial score (nSPS) is 15.6. The van der Waals surface area contributed by atoms with Gasteiger partial charge in [0.05, 0.1) is 17.3 Å². The second-order valence-electron chi connectivity index (χ2n) is 6.31. The second kappa shape index (κ2) is 5.75. The summed E-state index contributed by atoms with van der Waals surface area (Å²) in [6.07, 6.45) is 2.65. The van der Waals surface area contributed by atoms with Crippen LogP contribution in [0.3, 0.4) is 0 Å². The zero-order valence-electron chi connectivity index (χ0n) is 13.8. The van der Waals surface area contributed by atoms with Gasteiger partial charge in [-0.25, -0.2) is 4.39 Å². The first-order valence-electron chi connectivity index (χ1n) is 8.20. The molecule has 2 aromatic carbocycles. The van der Waals surface area contributed by atoms with Gasteiger partial charge in [0.1, 0.15) is 11.5 Å². The molecule has 0 saturated carbocycles. The molecular formula is C20H16FN3O. The molecule has 0 bridgehead atoms. The molecule has 0 atom stereocenters. The van der Waals surface area contributed by atoms with Gasteiger partial charge in [0.2, 0.25) is 5.78 Å². The summed E-state index contributed by atoms with van der Waals surface area (Å²) in [7, 11) is 0. The van der Waals surface area contributed by atoms with E-state index >= 15 is 0 Å². The molecule has 0 saturated heterocycles. The number of carbonyl (C=O) groups is 1. The van der Waals surface area contributed by atoms with Gasteiger partial charge in [-0.05, 0) is 48.7 Å². The van der Waals surface area contributed by atoms with Crippen molar-refractivity contribution >= 4 is 11.5 Å². The molecule has 124 valence electrons. The van der Waals surface area contributed by atoms with Crippen molar-refractivity contribution in [2.45, 2.75) is 13.3 Å². The Morgan fingerprint density at radius 3 is 2.80 bits per heavy atom. The van der Waals surface area contributed by atoms with Crippen molar-refractivity contribution in [3.63, 3.8) is 0 Å². The smallest absolute Gasteiger partial charge is 0.213 e. The molecule has 4 nitrogen and oxygen atoms in total. The SMILES string of the molecule is Cc1cc(-c2cc(C#N)cc3c2N2CCCNC=C2C3=O)ccc1F. The first-order chi connectivity index (χ1) is 12.1. The van der Waals surface area contributed by atoms with Gasteiger partial charge >= 0.3 is 0 Å². The van der Waals surface area contributed by atoms with Crippen LogP contribution in [0, 0.1) is 24.1 Å². The minimum absolute atomic E-state index is 0.0819. The van der Waals surface area contributed by atoms with Gasteiger partial charge in [-0.3, -0.25) is 4.79 Å². The molecule has 25 heavy (non-hydrogen) atoms. The number of aryl methyl sites for hydroxylation is 1. The number of carbonyl (C=O) groups excluding carboxylic acids is 1. The minimum Gasteiger partial charge on any atom is -0.389 e. The van der Waals surface area contributed by atoms with E-state index in [1.165, 1.54) is 6.07 Å². The maximum Gasteiger partial charge on any atom is 0.213 e. The molecule has 2 heterocycles. The van der Waals surface area contributed by atoms with Crippen molar-refractivity contribution in [3.8, 4) is 17.2 Å². The van der Waals surface area contributed by atoms with Gasteiger partial charge in [-0.1, -0.05) is 6.07 Å². The van der Waals surface area contributed by atoms with E-state index in [2.05, 4.69) is 11.4 Å². The first-order valence-corrected chi connectivity index (χ1v) is 8.20. The molecule has 0 aromatic heterocycles. The van der Waals surface area contributed by atoms with Crippen molar-refractivity contribution in [3.05, 3.63) is 64.7 Å². The van der Waals surface area contributed by atoms with E-state index in [-0.39, 0.29) is 11.6 Å². The predicted molar refractivity (Wildman–Crippen MR) is 93.7 cm³/mol. The highest BCUT2D eigenvalue weighted by molar-refractivity contribution is 6.21. The van der Waals surface area contributed by atoms with E-state index < -0.39 is 0 Å². The van der Waals surface area contributed by atoms with Crippen molar-refractivity contribution < 1.29 is 9.18 Å². The number of allylic oxidation sites excluding steroid dienone is 1. The Kier molecular flexibility index (Phi) is 3.54. The van der Waals surface area contributed by atoms with Gasteiger partial charge in [0, 0.05) is 30.4 Å². The fraction of sp³-hybridized carbons (Fsp3) is 0.200. The van der Waals surface area contributed by atoms with Crippen LogP contribution in [-0.4, -0.2) is 18.9 Å². The lowest BCUT2D eigenvalue weighted by atomic mass is 9.96. The fourth-order valence-corrected chi connectivity index (χ4v) is 3.46. The van der Waals surface area contributed by atoms with E-state index in [1.54, 1.807) is 37.4 Å². The van der Waals surface area contributed by atoms with Crippen LogP contribution in [0.15, 0.2) is 42.2 Å². The molecule has 0 fully saturated rings. The molecule has 4 rings (SSSR count). The van der Waals surface area contributed by atoms with E-state index in [9.17, 15) is 14.4 Å². The van der Waals surface area contributed by atoms with Gasteiger partial charge < -0.3 is 10.2 Å². The average molecular weight is 333 g/mol. The summed E-state index contributed by atoms with van der Waals surface area (Å²) in [5.74, 6) is -0.353. The standard InChI is InChI=1S/C20H16FN3O/c1-12-7-14(3-4-17(12)21)15-8-13(10-22)9-16-19(15)24-6-2-5-23-11-18(24)20(16)25/h3-4,7-9,11,23H,2,5-6H2,1H3. The number of anilines is 1. The zero-order chi connectivity index (χ0) is 17.6. The monoisotopic (exact) mass is 333 g/mol. The third-order valence-corrected chi connectivity index (χ3v) is 4.69. The Labute approximate surface area is 145 Å². The topological polar surface area (TPSA) is 56.1 Å². The molecule has 1 N–H and O–H groups in total. The number of halogens is 1. The third-order valence-electron chi connectivity index (χ3n) is 4.69. The third kappa shape index (κ3) is 2.38. The highest BCUT2D eigenvalue weighted by Gasteiger charge is 2.35. The number of nitrogens with zero attached hydrogens (tertiary/aromatic N) is 2. The van der Waals surface area contributed by atoms with E-state index in [0.717, 1.165) is 36.3 Å².